The second-order valence-corrected chi connectivity index (χ2v) is 9.28. The van der Waals surface area contributed by atoms with Gasteiger partial charge in [0, 0.05) is 10.9 Å². The Hall–Kier alpha value is -3.44. The SMILES string of the molecule is COc1ccc(Cl)cc1N1C(=O)[C@H]2C3c4ccccc4C(C(C)=O)(c4ccccc43)[C@H]2C1=O. The smallest absolute Gasteiger partial charge is 0.239 e. The number of carbonyl (C=O) groups is 3. The molecule has 1 aliphatic heterocycles. The molecular formula is C27H20ClNO4. The van der Waals surface area contributed by atoms with E-state index in [2.05, 4.69) is 0 Å². The van der Waals surface area contributed by atoms with E-state index >= 15 is 0 Å². The van der Waals surface area contributed by atoms with Crippen molar-refractivity contribution >= 4 is 34.9 Å². The molecule has 3 aromatic rings. The molecule has 2 bridgehead atoms. The normalized spacial score (nSPS) is 26.6. The van der Waals surface area contributed by atoms with E-state index in [1.807, 2.05) is 48.5 Å². The molecule has 164 valence electrons. The number of amides is 2. The first kappa shape index (κ1) is 20.2. The summed E-state index contributed by atoms with van der Waals surface area (Å²) >= 11 is 6.24. The van der Waals surface area contributed by atoms with Gasteiger partial charge in [0.15, 0.2) is 0 Å². The van der Waals surface area contributed by atoms with Crippen molar-refractivity contribution in [3.63, 3.8) is 0 Å². The molecule has 6 heteroatoms. The minimum absolute atomic E-state index is 0.142. The Morgan fingerprint density at radius 3 is 2.12 bits per heavy atom. The van der Waals surface area contributed by atoms with Crippen LogP contribution in [0.5, 0.6) is 5.75 Å². The first-order valence-corrected chi connectivity index (χ1v) is 11.2. The summed E-state index contributed by atoms with van der Waals surface area (Å²) < 4.78 is 5.46. The lowest BCUT2D eigenvalue weighted by Crippen LogP contribution is -2.57. The molecule has 0 saturated carbocycles. The van der Waals surface area contributed by atoms with Crippen molar-refractivity contribution in [1.82, 2.24) is 0 Å². The van der Waals surface area contributed by atoms with Crippen molar-refractivity contribution in [2.24, 2.45) is 11.8 Å². The first-order chi connectivity index (χ1) is 15.9. The molecule has 3 aromatic carbocycles. The number of ketones is 1. The number of rotatable bonds is 3. The van der Waals surface area contributed by atoms with E-state index in [1.54, 1.807) is 18.2 Å². The van der Waals surface area contributed by atoms with Crippen molar-refractivity contribution in [1.29, 1.82) is 0 Å². The standard InChI is InChI=1S/C27H20ClNO4/c1-14(30)27-18-9-5-3-7-16(18)22(17-8-4-6-10-19(17)27)23-24(27)26(32)29(25(23)31)20-13-15(28)11-12-21(20)33-2/h3-13,22-24H,1-2H3/t22?,23-,24+,27?/m0/s1. The monoisotopic (exact) mass is 457 g/mol. The number of Topliss-reactive ketones (excluding diaryl/α,β-unsaturated/α-hetero) is 1. The van der Waals surface area contributed by atoms with Gasteiger partial charge in [-0.2, -0.15) is 0 Å². The number of hydrogen-bond donors (Lipinski definition) is 0. The minimum atomic E-state index is -1.22. The van der Waals surface area contributed by atoms with Crippen molar-refractivity contribution in [3.05, 3.63) is 94.0 Å². The highest BCUT2D eigenvalue weighted by Gasteiger charge is 2.70. The van der Waals surface area contributed by atoms with Crippen LogP contribution >= 0.6 is 11.6 Å². The minimum Gasteiger partial charge on any atom is -0.495 e. The maximum absolute atomic E-state index is 14.1. The average Bonchev–Trinajstić information content (AvgIpc) is 3.09. The second kappa shape index (κ2) is 6.78. The lowest BCUT2D eigenvalue weighted by atomic mass is 9.46. The predicted octanol–water partition coefficient (Wildman–Crippen LogP) is 4.49. The molecule has 5 nitrogen and oxygen atoms in total. The molecule has 1 fully saturated rings. The third-order valence-corrected chi connectivity index (χ3v) is 7.79. The Balaban J connectivity index is 1.67. The zero-order valence-electron chi connectivity index (χ0n) is 18.0. The molecule has 0 spiro atoms. The molecule has 0 radical (unpaired) electrons. The fourth-order valence-corrected chi connectivity index (χ4v) is 6.61. The van der Waals surface area contributed by atoms with E-state index in [-0.39, 0.29) is 17.6 Å². The summed E-state index contributed by atoms with van der Waals surface area (Å²) in [5.74, 6) is -2.32. The van der Waals surface area contributed by atoms with Crippen LogP contribution in [0.1, 0.15) is 35.1 Å². The van der Waals surface area contributed by atoms with Crippen LogP contribution in [0.3, 0.4) is 0 Å². The van der Waals surface area contributed by atoms with Crippen LogP contribution in [0.2, 0.25) is 5.02 Å². The van der Waals surface area contributed by atoms with Crippen LogP contribution in [-0.2, 0) is 19.8 Å². The summed E-state index contributed by atoms with van der Waals surface area (Å²) in [5, 5.41) is 0.386. The van der Waals surface area contributed by atoms with Gasteiger partial charge in [0.2, 0.25) is 11.8 Å². The van der Waals surface area contributed by atoms with Gasteiger partial charge in [-0.3, -0.25) is 14.4 Å². The van der Waals surface area contributed by atoms with E-state index in [0.717, 1.165) is 22.3 Å². The van der Waals surface area contributed by atoms with Crippen molar-refractivity contribution in [2.75, 3.05) is 12.0 Å². The highest BCUT2D eigenvalue weighted by molar-refractivity contribution is 6.32. The molecule has 4 aliphatic rings. The highest BCUT2D eigenvalue weighted by atomic mass is 35.5. The lowest BCUT2D eigenvalue weighted by Gasteiger charge is -2.52. The number of carbonyl (C=O) groups excluding carboxylic acids is 3. The molecular weight excluding hydrogens is 438 g/mol. The Bertz CT molecular complexity index is 1330. The topological polar surface area (TPSA) is 63.7 Å². The van der Waals surface area contributed by atoms with Crippen molar-refractivity contribution in [2.45, 2.75) is 18.3 Å². The zero-order chi connectivity index (χ0) is 23.1. The summed E-state index contributed by atoms with van der Waals surface area (Å²) in [6.45, 7) is 1.52. The van der Waals surface area contributed by atoms with Gasteiger partial charge in [-0.15, -0.1) is 0 Å². The van der Waals surface area contributed by atoms with Gasteiger partial charge in [0.25, 0.3) is 0 Å². The fraction of sp³-hybridized carbons (Fsp3) is 0.222. The van der Waals surface area contributed by atoms with Crippen LogP contribution in [0.4, 0.5) is 5.69 Å². The Kier molecular flexibility index (Phi) is 4.15. The van der Waals surface area contributed by atoms with Gasteiger partial charge in [-0.1, -0.05) is 60.1 Å². The van der Waals surface area contributed by atoms with E-state index in [9.17, 15) is 14.4 Å². The Labute approximate surface area is 195 Å². The molecule has 2 atom stereocenters. The van der Waals surface area contributed by atoms with Crippen LogP contribution < -0.4 is 9.64 Å². The largest absolute Gasteiger partial charge is 0.495 e. The summed E-state index contributed by atoms with van der Waals surface area (Å²) in [6, 6.07) is 20.3. The first-order valence-electron chi connectivity index (χ1n) is 10.8. The number of hydrogen-bond acceptors (Lipinski definition) is 4. The molecule has 0 N–H and O–H groups in total. The molecule has 0 unspecified atom stereocenters. The van der Waals surface area contributed by atoms with Crippen LogP contribution in [-0.4, -0.2) is 24.7 Å². The Morgan fingerprint density at radius 2 is 1.55 bits per heavy atom. The van der Waals surface area contributed by atoms with Crippen LogP contribution in [0.25, 0.3) is 0 Å². The highest BCUT2D eigenvalue weighted by Crippen LogP contribution is 2.64. The van der Waals surface area contributed by atoms with Gasteiger partial charge in [-0.05, 0) is 47.4 Å². The Morgan fingerprint density at radius 1 is 0.939 bits per heavy atom. The number of ether oxygens (including phenoxy) is 1. The van der Waals surface area contributed by atoms with E-state index in [0.29, 0.717) is 16.5 Å². The van der Waals surface area contributed by atoms with E-state index < -0.39 is 23.2 Å². The van der Waals surface area contributed by atoms with Crippen molar-refractivity contribution in [3.8, 4) is 5.75 Å². The predicted molar refractivity (Wildman–Crippen MR) is 124 cm³/mol. The van der Waals surface area contributed by atoms with Gasteiger partial charge in [-0.25, -0.2) is 4.90 Å². The summed E-state index contributed by atoms with van der Waals surface area (Å²) in [5.41, 5.74) is 2.61. The van der Waals surface area contributed by atoms with Gasteiger partial charge in [0.1, 0.15) is 11.5 Å². The number of methoxy groups -OCH3 is 1. The third kappa shape index (κ3) is 2.30. The lowest BCUT2D eigenvalue weighted by molar-refractivity contribution is -0.132. The number of halogens is 1. The van der Waals surface area contributed by atoms with Gasteiger partial charge < -0.3 is 4.74 Å². The molecule has 0 aromatic heterocycles. The van der Waals surface area contributed by atoms with Crippen LogP contribution in [0, 0.1) is 11.8 Å². The molecule has 1 saturated heterocycles. The number of nitrogens with zero attached hydrogens (tertiary/aromatic N) is 1. The maximum Gasteiger partial charge on any atom is 0.239 e. The number of imide groups is 1. The van der Waals surface area contributed by atoms with Gasteiger partial charge >= 0.3 is 0 Å². The summed E-state index contributed by atoms with van der Waals surface area (Å²) in [7, 11) is 1.48. The van der Waals surface area contributed by atoms with Crippen molar-refractivity contribution < 1.29 is 19.1 Å². The second-order valence-electron chi connectivity index (χ2n) is 8.85. The van der Waals surface area contributed by atoms with E-state index in [4.69, 9.17) is 16.3 Å². The molecule has 2 amide bonds. The fourth-order valence-electron chi connectivity index (χ4n) is 6.45. The molecule has 1 heterocycles. The quantitative estimate of drug-likeness (QED) is 0.544. The zero-order valence-corrected chi connectivity index (χ0v) is 18.8. The molecule has 33 heavy (non-hydrogen) atoms. The average molecular weight is 458 g/mol. The van der Waals surface area contributed by atoms with Gasteiger partial charge in [0.05, 0.1) is 30.0 Å². The third-order valence-electron chi connectivity index (χ3n) is 7.56. The maximum atomic E-state index is 14.1. The van der Waals surface area contributed by atoms with E-state index in [1.165, 1.54) is 18.9 Å². The number of benzene rings is 3. The molecule has 3 aliphatic carbocycles. The van der Waals surface area contributed by atoms with Crippen LogP contribution in [0.15, 0.2) is 66.7 Å². The molecule has 7 rings (SSSR count). The summed E-state index contributed by atoms with van der Waals surface area (Å²) in [4.78, 5) is 42.9. The number of anilines is 1. The summed E-state index contributed by atoms with van der Waals surface area (Å²) in [6.07, 6.45) is 0.